The van der Waals surface area contributed by atoms with E-state index in [4.69, 9.17) is 4.74 Å². The Bertz CT molecular complexity index is 630. The topological polar surface area (TPSA) is 67.4 Å². The second-order valence-electron chi connectivity index (χ2n) is 7.13. The van der Waals surface area contributed by atoms with Gasteiger partial charge in [-0.2, -0.15) is 0 Å². The highest BCUT2D eigenvalue weighted by atomic mass is 32.2. The van der Waals surface area contributed by atoms with Crippen molar-refractivity contribution in [2.75, 3.05) is 18.5 Å². The fraction of sp³-hybridized carbons (Fsp3) is 0.647. The van der Waals surface area contributed by atoms with Crippen molar-refractivity contribution < 1.29 is 13.2 Å². The highest BCUT2D eigenvalue weighted by Gasteiger charge is 2.24. The van der Waals surface area contributed by atoms with E-state index in [0.29, 0.717) is 11.0 Å². The summed E-state index contributed by atoms with van der Waals surface area (Å²) in [6.45, 7) is 8.99. The molecule has 1 saturated heterocycles. The molecule has 23 heavy (non-hydrogen) atoms. The second-order valence-corrected chi connectivity index (χ2v) is 8.79. The van der Waals surface area contributed by atoms with Crippen LogP contribution >= 0.6 is 0 Å². The van der Waals surface area contributed by atoms with E-state index in [1.54, 1.807) is 12.1 Å². The van der Waals surface area contributed by atoms with Gasteiger partial charge in [-0.1, -0.05) is 6.07 Å². The third kappa shape index (κ3) is 5.19. The standard InChI is InChI=1S/C17H28N2O3S/c1-13-15(18-11-10-14-7-6-12-22-14)8-5-9-16(13)23(20,21)19-17(2,3)4/h5,8-9,14,18-19H,6-7,10-12H2,1-4H3. The van der Waals surface area contributed by atoms with Crippen LogP contribution in [-0.2, 0) is 14.8 Å². The van der Waals surface area contributed by atoms with Gasteiger partial charge in [-0.3, -0.25) is 0 Å². The quantitative estimate of drug-likeness (QED) is 0.835. The summed E-state index contributed by atoms with van der Waals surface area (Å²) in [5, 5.41) is 3.34. The molecule has 5 nitrogen and oxygen atoms in total. The molecular weight excluding hydrogens is 312 g/mol. The molecule has 1 unspecified atom stereocenters. The maximum atomic E-state index is 12.5. The van der Waals surface area contributed by atoms with E-state index in [0.717, 1.165) is 43.7 Å². The van der Waals surface area contributed by atoms with Gasteiger partial charge >= 0.3 is 0 Å². The van der Waals surface area contributed by atoms with Crippen molar-refractivity contribution in [1.82, 2.24) is 4.72 Å². The van der Waals surface area contributed by atoms with Gasteiger partial charge in [0, 0.05) is 24.4 Å². The summed E-state index contributed by atoms with van der Waals surface area (Å²) in [7, 11) is -3.53. The zero-order valence-electron chi connectivity index (χ0n) is 14.5. The fourth-order valence-corrected chi connectivity index (χ4v) is 4.48. The molecule has 130 valence electrons. The van der Waals surface area contributed by atoms with Crippen LogP contribution in [0.15, 0.2) is 23.1 Å². The van der Waals surface area contributed by atoms with Crippen LogP contribution in [0.5, 0.6) is 0 Å². The summed E-state index contributed by atoms with van der Waals surface area (Å²) in [5.41, 5.74) is 1.10. The lowest BCUT2D eigenvalue weighted by Gasteiger charge is -2.22. The van der Waals surface area contributed by atoms with Crippen molar-refractivity contribution >= 4 is 15.7 Å². The van der Waals surface area contributed by atoms with Gasteiger partial charge in [-0.05, 0) is 64.7 Å². The maximum absolute atomic E-state index is 12.5. The number of rotatable bonds is 6. The minimum Gasteiger partial charge on any atom is -0.385 e. The van der Waals surface area contributed by atoms with Gasteiger partial charge in [0.1, 0.15) is 0 Å². The van der Waals surface area contributed by atoms with E-state index in [1.807, 2.05) is 33.8 Å². The van der Waals surface area contributed by atoms with Gasteiger partial charge in [-0.25, -0.2) is 13.1 Å². The minimum absolute atomic E-state index is 0.328. The lowest BCUT2D eigenvalue weighted by Crippen LogP contribution is -2.40. The van der Waals surface area contributed by atoms with Crippen molar-refractivity contribution in [3.63, 3.8) is 0 Å². The molecule has 0 amide bonds. The smallest absolute Gasteiger partial charge is 0.241 e. The first-order chi connectivity index (χ1) is 10.7. The van der Waals surface area contributed by atoms with E-state index in [-0.39, 0.29) is 0 Å². The Hall–Kier alpha value is -1.11. The molecule has 6 heteroatoms. The summed E-state index contributed by atoms with van der Waals surface area (Å²) < 4.78 is 33.4. The first-order valence-corrected chi connectivity index (χ1v) is 9.66. The molecule has 2 rings (SSSR count). The number of benzene rings is 1. The van der Waals surface area contributed by atoms with Gasteiger partial charge in [-0.15, -0.1) is 0 Å². The molecular formula is C17H28N2O3S. The van der Waals surface area contributed by atoms with Gasteiger partial charge in [0.15, 0.2) is 0 Å². The molecule has 2 N–H and O–H groups in total. The highest BCUT2D eigenvalue weighted by Crippen LogP contribution is 2.24. The van der Waals surface area contributed by atoms with Crippen LogP contribution in [0.25, 0.3) is 0 Å². The van der Waals surface area contributed by atoms with E-state index in [9.17, 15) is 8.42 Å². The molecule has 1 aliphatic rings. The Morgan fingerprint density at radius 3 is 2.65 bits per heavy atom. The van der Waals surface area contributed by atoms with Crippen LogP contribution in [0.1, 0.15) is 45.6 Å². The van der Waals surface area contributed by atoms with Crippen molar-refractivity contribution in [2.24, 2.45) is 0 Å². The van der Waals surface area contributed by atoms with Crippen LogP contribution in [0.4, 0.5) is 5.69 Å². The third-order valence-electron chi connectivity index (χ3n) is 3.82. The molecule has 1 aromatic rings. The van der Waals surface area contributed by atoms with E-state index >= 15 is 0 Å². The fourth-order valence-electron chi connectivity index (χ4n) is 2.79. The number of sulfonamides is 1. The van der Waals surface area contributed by atoms with Crippen LogP contribution in [0, 0.1) is 6.92 Å². The molecule has 0 saturated carbocycles. The minimum atomic E-state index is -3.53. The average Bonchev–Trinajstić information content (AvgIpc) is 2.91. The third-order valence-corrected chi connectivity index (χ3v) is 5.72. The number of nitrogens with one attached hydrogen (secondary N) is 2. The lowest BCUT2D eigenvalue weighted by atomic mass is 10.1. The van der Waals surface area contributed by atoms with Crippen molar-refractivity contribution in [1.29, 1.82) is 0 Å². The van der Waals surface area contributed by atoms with Crippen molar-refractivity contribution in [3.8, 4) is 0 Å². The zero-order chi connectivity index (χ0) is 17.1. The van der Waals surface area contributed by atoms with E-state index in [1.165, 1.54) is 0 Å². The van der Waals surface area contributed by atoms with Crippen molar-refractivity contribution in [3.05, 3.63) is 23.8 Å². The molecule has 1 aliphatic heterocycles. The predicted octanol–water partition coefficient (Wildman–Crippen LogP) is 3.05. The summed E-state index contributed by atoms with van der Waals surface area (Å²) in [6.07, 6.45) is 3.52. The van der Waals surface area contributed by atoms with Gasteiger partial charge < -0.3 is 10.1 Å². The molecule has 0 radical (unpaired) electrons. The molecule has 0 aromatic heterocycles. The maximum Gasteiger partial charge on any atom is 0.241 e. The SMILES string of the molecule is Cc1c(NCCC2CCCO2)cccc1S(=O)(=O)NC(C)(C)C. The molecule has 0 bridgehead atoms. The lowest BCUT2D eigenvalue weighted by molar-refractivity contribution is 0.107. The Kier molecular flexibility index (Phi) is 5.70. The Morgan fingerprint density at radius 2 is 2.04 bits per heavy atom. The summed E-state index contributed by atoms with van der Waals surface area (Å²) >= 11 is 0. The van der Waals surface area contributed by atoms with Gasteiger partial charge in [0.25, 0.3) is 0 Å². The molecule has 1 atom stereocenters. The van der Waals surface area contributed by atoms with Crippen molar-refractivity contribution in [2.45, 2.75) is 63.5 Å². The highest BCUT2D eigenvalue weighted by molar-refractivity contribution is 7.89. The van der Waals surface area contributed by atoms with E-state index < -0.39 is 15.6 Å². The molecule has 1 fully saturated rings. The molecule has 1 aromatic carbocycles. The molecule has 0 spiro atoms. The predicted molar refractivity (Wildman–Crippen MR) is 93.3 cm³/mol. The second kappa shape index (κ2) is 7.20. The van der Waals surface area contributed by atoms with Gasteiger partial charge in [0.2, 0.25) is 10.0 Å². The van der Waals surface area contributed by atoms with Crippen LogP contribution in [0.3, 0.4) is 0 Å². The first-order valence-electron chi connectivity index (χ1n) is 8.18. The number of anilines is 1. The Morgan fingerprint density at radius 1 is 1.30 bits per heavy atom. The number of ether oxygens (including phenoxy) is 1. The molecule has 0 aliphatic carbocycles. The number of hydrogen-bond donors (Lipinski definition) is 2. The zero-order valence-corrected chi connectivity index (χ0v) is 15.3. The summed E-state index contributed by atoms with van der Waals surface area (Å²) in [4.78, 5) is 0.328. The summed E-state index contributed by atoms with van der Waals surface area (Å²) in [6, 6.07) is 5.34. The average molecular weight is 340 g/mol. The van der Waals surface area contributed by atoms with Crippen LogP contribution in [-0.4, -0.2) is 33.2 Å². The van der Waals surface area contributed by atoms with Crippen LogP contribution in [0.2, 0.25) is 0 Å². The first kappa shape index (κ1) is 18.2. The largest absolute Gasteiger partial charge is 0.385 e. The normalized spacial score (nSPS) is 19.0. The number of hydrogen-bond acceptors (Lipinski definition) is 4. The molecule has 1 heterocycles. The van der Waals surface area contributed by atoms with E-state index in [2.05, 4.69) is 10.0 Å². The van der Waals surface area contributed by atoms with Crippen LogP contribution < -0.4 is 10.0 Å². The monoisotopic (exact) mass is 340 g/mol. The Labute approximate surface area is 139 Å². The Balaban J connectivity index is 2.08. The summed E-state index contributed by atoms with van der Waals surface area (Å²) in [5.74, 6) is 0. The van der Waals surface area contributed by atoms with Gasteiger partial charge in [0.05, 0.1) is 11.0 Å².